The van der Waals surface area contributed by atoms with Gasteiger partial charge in [-0.15, -0.1) is 0 Å². The fourth-order valence-corrected chi connectivity index (χ4v) is 4.14. The molecule has 1 aliphatic rings. The van der Waals surface area contributed by atoms with Crippen LogP contribution >= 0.6 is 0 Å². The summed E-state index contributed by atoms with van der Waals surface area (Å²) < 4.78 is 33.4. The molecule has 0 unspecified atom stereocenters. The molecule has 1 N–H and O–H groups in total. The van der Waals surface area contributed by atoms with E-state index in [-0.39, 0.29) is 24.2 Å². The summed E-state index contributed by atoms with van der Waals surface area (Å²) in [6, 6.07) is 8.14. The summed E-state index contributed by atoms with van der Waals surface area (Å²) in [5.74, 6) is 0.837. The van der Waals surface area contributed by atoms with Gasteiger partial charge in [-0.2, -0.15) is 0 Å². The first-order valence-electron chi connectivity index (χ1n) is 8.45. The van der Waals surface area contributed by atoms with Crippen LogP contribution < -0.4 is 0 Å². The van der Waals surface area contributed by atoms with Crippen LogP contribution in [0.15, 0.2) is 36.7 Å². The molecule has 0 spiro atoms. The number of imidazole rings is 1. The van der Waals surface area contributed by atoms with Gasteiger partial charge in [0.25, 0.3) is 6.47 Å². The van der Waals surface area contributed by atoms with Crippen molar-refractivity contribution < 1.29 is 23.1 Å². The fourth-order valence-electron chi connectivity index (χ4n) is 2.98. The summed E-state index contributed by atoms with van der Waals surface area (Å²) in [4.78, 5) is 12.8. The highest BCUT2D eigenvalue weighted by atomic mass is 32.2. The fraction of sp³-hybridized carbons (Fsp3) is 0.444. The highest BCUT2D eigenvalue weighted by molar-refractivity contribution is 7.89. The second-order valence-electron chi connectivity index (χ2n) is 6.56. The van der Waals surface area contributed by atoms with Gasteiger partial charge in [0.2, 0.25) is 10.0 Å². The quantitative estimate of drug-likeness (QED) is 0.772. The average molecular weight is 395 g/mol. The molecule has 9 heteroatoms. The van der Waals surface area contributed by atoms with E-state index in [4.69, 9.17) is 14.6 Å². The minimum atomic E-state index is -3.27. The molecule has 1 aliphatic heterocycles. The number of nitrogens with zero attached hydrogens (tertiary/aromatic N) is 3. The van der Waals surface area contributed by atoms with E-state index in [1.807, 2.05) is 42.0 Å². The molecule has 2 aromatic rings. The SMILES string of the molecule is Cc1ccc(-c2nccn2[C@@H]2COC[C@@H]2CS(=O)(=O)N(C)C)cc1.O=CO. The van der Waals surface area contributed by atoms with Crippen LogP contribution in [-0.2, 0) is 19.6 Å². The smallest absolute Gasteiger partial charge is 0.290 e. The van der Waals surface area contributed by atoms with Gasteiger partial charge in [-0.25, -0.2) is 17.7 Å². The molecule has 0 saturated carbocycles. The molecule has 2 atom stereocenters. The van der Waals surface area contributed by atoms with Crippen LogP contribution in [0.2, 0.25) is 0 Å². The third kappa shape index (κ3) is 5.15. The number of aromatic nitrogens is 2. The minimum absolute atomic E-state index is 0.0291. The van der Waals surface area contributed by atoms with Gasteiger partial charge in [0.05, 0.1) is 25.0 Å². The number of ether oxygens (including phenoxy) is 1. The average Bonchev–Trinajstić information content (AvgIpc) is 3.24. The van der Waals surface area contributed by atoms with Crippen LogP contribution in [0.4, 0.5) is 0 Å². The molecule has 0 radical (unpaired) electrons. The molecule has 3 rings (SSSR count). The topological polar surface area (TPSA) is 102 Å². The maximum absolute atomic E-state index is 12.2. The van der Waals surface area contributed by atoms with Crippen molar-refractivity contribution in [1.82, 2.24) is 13.9 Å². The van der Waals surface area contributed by atoms with Crippen molar-refractivity contribution in [3.63, 3.8) is 0 Å². The molecular weight excluding hydrogens is 370 g/mol. The Morgan fingerprint density at radius 2 is 1.93 bits per heavy atom. The zero-order chi connectivity index (χ0) is 20.0. The molecule has 1 aromatic heterocycles. The van der Waals surface area contributed by atoms with E-state index < -0.39 is 10.0 Å². The van der Waals surface area contributed by atoms with E-state index in [1.54, 1.807) is 20.3 Å². The number of aryl methyl sites for hydroxylation is 1. The van der Waals surface area contributed by atoms with E-state index in [0.717, 1.165) is 11.4 Å². The van der Waals surface area contributed by atoms with Gasteiger partial charge in [-0.1, -0.05) is 29.8 Å². The molecule has 2 heterocycles. The van der Waals surface area contributed by atoms with Gasteiger partial charge in [-0.3, -0.25) is 4.79 Å². The van der Waals surface area contributed by atoms with Gasteiger partial charge in [0.1, 0.15) is 5.82 Å². The lowest BCUT2D eigenvalue weighted by molar-refractivity contribution is -0.122. The Morgan fingerprint density at radius 1 is 1.30 bits per heavy atom. The van der Waals surface area contributed by atoms with Gasteiger partial charge in [-0.05, 0) is 6.92 Å². The lowest BCUT2D eigenvalue weighted by atomic mass is 10.1. The summed E-state index contributed by atoms with van der Waals surface area (Å²) in [7, 11) is -0.140. The Labute approximate surface area is 159 Å². The summed E-state index contributed by atoms with van der Waals surface area (Å²) in [6.07, 6.45) is 3.66. The number of carbonyl (C=O) groups is 1. The third-order valence-electron chi connectivity index (χ3n) is 4.48. The zero-order valence-electron chi connectivity index (χ0n) is 15.6. The predicted octanol–water partition coefficient (Wildman–Crippen LogP) is 1.64. The van der Waals surface area contributed by atoms with Crippen LogP contribution in [0.3, 0.4) is 0 Å². The Bertz CT molecular complexity index is 846. The first kappa shape index (κ1) is 21.1. The lowest BCUT2D eigenvalue weighted by Gasteiger charge is -2.22. The molecule has 1 saturated heterocycles. The van der Waals surface area contributed by atoms with Gasteiger partial charge >= 0.3 is 0 Å². The molecular formula is C18H25N3O5S. The van der Waals surface area contributed by atoms with E-state index in [1.165, 1.54) is 9.87 Å². The largest absolute Gasteiger partial charge is 0.483 e. The molecule has 0 bridgehead atoms. The zero-order valence-corrected chi connectivity index (χ0v) is 16.5. The highest BCUT2D eigenvalue weighted by Crippen LogP contribution is 2.31. The summed E-state index contributed by atoms with van der Waals surface area (Å²) in [5.41, 5.74) is 2.21. The number of carboxylic acid groups (broad SMARTS) is 1. The van der Waals surface area contributed by atoms with E-state index in [2.05, 4.69) is 4.98 Å². The van der Waals surface area contributed by atoms with Crippen LogP contribution in [-0.4, -0.2) is 66.9 Å². The summed E-state index contributed by atoms with van der Waals surface area (Å²) in [6.45, 7) is 2.75. The number of rotatable bonds is 5. The van der Waals surface area contributed by atoms with Crippen LogP contribution in [0.1, 0.15) is 11.6 Å². The first-order chi connectivity index (χ1) is 12.8. The standard InChI is InChI=1S/C17H23N3O3S.CH2O2/c1-13-4-6-14(7-5-13)17-18-8-9-20(17)16-11-23-10-15(16)12-24(21,22)19(2)3;2-1-3/h4-9,15-16H,10-12H2,1-3H3;1H,(H,2,3)/t15-,16-;/m1./s1. The Morgan fingerprint density at radius 3 is 2.52 bits per heavy atom. The Hall–Kier alpha value is -2.23. The number of sulfonamides is 1. The molecule has 27 heavy (non-hydrogen) atoms. The maximum Gasteiger partial charge on any atom is 0.290 e. The van der Waals surface area contributed by atoms with Crippen molar-refractivity contribution in [2.24, 2.45) is 5.92 Å². The van der Waals surface area contributed by atoms with Crippen molar-refractivity contribution in [3.05, 3.63) is 42.2 Å². The Kier molecular flexibility index (Phi) is 7.11. The second kappa shape index (κ2) is 9.12. The number of hydrogen-bond donors (Lipinski definition) is 1. The van der Waals surface area contributed by atoms with Crippen molar-refractivity contribution >= 4 is 16.5 Å². The molecule has 0 aliphatic carbocycles. The van der Waals surface area contributed by atoms with Crippen molar-refractivity contribution in [1.29, 1.82) is 0 Å². The first-order valence-corrected chi connectivity index (χ1v) is 10.1. The normalized spacial score (nSPS) is 19.6. The highest BCUT2D eigenvalue weighted by Gasteiger charge is 2.35. The number of benzene rings is 1. The lowest BCUT2D eigenvalue weighted by Crippen LogP contribution is -2.32. The summed E-state index contributed by atoms with van der Waals surface area (Å²) in [5, 5.41) is 6.89. The third-order valence-corrected chi connectivity index (χ3v) is 6.44. The summed E-state index contributed by atoms with van der Waals surface area (Å²) >= 11 is 0. The molecule has 1 fully saturated rings. The molecule has 8 nitrogen and oxygen atoms in total. The van der Waals surface area contributed by atoms with Crippen LogP contribution in [0.5, 0.6) is 0 Å². The Balaban J connectivity index is 0.000000817. The monoisotopic (exact) mass is 395 g/mol. The van der Waals surface area contributed by atoms with E-state index in [0.29, 0.717) is 13.2 Å². The maximum atomic E-state index is 12.2. The van der Waals surface area contributed by atoms with Gasteiger partial charge < -0.3 is 14.4 Å². The molecule has 1 aromatic carbocycles. The second-order valence-corrected chi connectivity index (χ2v) is 8.78. The predicted molar refractivity (Wildman–Crippen MR) is 102 cm³/mol. The van der Waals surface area contributed by atoms with Crippen LogP contribution in [0, 0.1) is 12.8 Å². The molecule has 148 valence electrons. The molecule has 0 amide bonds. The number of hydrogen-bond acceptors (Lipinski definition) is 5. The minimum Gasteiger partial charge on any atom is -0.483 e. The van der Waals surface area contributed by atoms with E-state index >= 15 is 0 Å². The van der Waals surface area contributed by atoms with Gasteiger partial charge in [0, 0.05) is 38.0 Å². The van der Waals surface area contributed by atoms with Gasteiger partial charge in [0.15, 0.2) is 0 Å². The van der Waals surface area contributed by atoms with Crippen molar-refractivity contribution in [2.45, 2.75) is 13.0 Å². The van der Waals surface area contributed by atoms with Crippen molar-refractivity contribution in [3.8, 4) is 11.4 Å². The van der Waals surface area contributed by atoms with Crippen LogP contribution in [0.25, 0.3) is 11.4 Å². The van der Waals surface area contributed by atoms with Crippen molar-refractivity contribution in [2.75, 3.05) is 33.1 Å². The van der Waals surface area contributed by atoms with E-state index in [9.17, 15) is 8.42 Å².